The fourth-order valence-corrected chi connectivity index (χ4v) is 11.1. The number of fused-ring (bicyclic) bond motifs is 11. The highest BCUT2D eigenvalue weighted by atomic mass is 16.3. The predicted molar refractivity (Wildman–Crippen MR) is 285 cm³/mol. The van der Waals surface area contributed by atoms with Crippen molar-refractivity contribution in [3.63, 3.8) is 0 Å². The fourth-order valence-electron chi connectivity index (χ4n) is 11.1. The Bertz CT molecular complexity index is 4320. The number of hydrogen-bond acceptors (Lipinski definition) is 3. The van der Waals surface area contributed by atoms with Crippen LogP contribution in [0.1, 0.15) is 36.5 Å². The molecule has 0 spiro atoms. The van der Waals surface area contributed by atoms with Gasteiger partial charge in [-0.15, -0.1) is 0 Å². The molecule has 320 valence electrons. The monoisotopic (exact) mass is 870 g/mol. The van der Waals surface area contributed by atoms with E-state index in [9.17, 15) is 0 Å². The molecule has 0 unspecified atom stereocenters. The number of para-hydroxylation sites is 4. The minimum atomic E-state index is 0.684. The molecule has 13 aromatic rings. The first kappa shape index (κ1) is 38.5. The number of nitrogens with zero attached hydrogens (tertiary/aromatic N) is 4. The van der Waals surface area contributed by atoms with E-state index in [4.69, 9.17) is 14.4 Å². The number of aromatic nitrogens is 2. The van der Waals surface area contributed by atoms with Crippen LogP contribution in [0.5, 0.6) is 0 Å². The lowest BCUT2D eigenvalue weighted by molar-refractivity contribution is 0.668. The summed E-state index contributed by atoms with van der Waals surface area (Å²) in [5.74, 6) is 0.684. The molecule has 5 heteroatoms. The molecule has 14 rings (SSSR count). The molecule has 1 aliphatic heterocycles. The summed E-state index contributed by atoms with van der Waals surface area (Å²) in [6.45, 7) is 2.25. The van der Waals surface area contributed by atoms with Crippen molar-refractivity contribution in [2.75, 3.05) is 0 Å². The molecule has 1 aliphatic rings. The maximum absolute atomic E-state index is 6.85. The number of aliphatic imine (C=N–C) groups is 2. The van der Waals surface area contributed by atoms with Gasteiger partial charge in [-0.2, -0.15) is 0 Å². The van der Waals surface area contributed by atoms with Gasteiger partial charge in [-0.05, 0) is 108 Å². The molecule has 0 N–H and O–H groups in total. The molecule has 68 heavy (non-hydrogen) atoms. The molecule has 0 saturated carbocycles. The van der Waals surface area contributed by atoms with Crippen LogP contribution < -0.4 is 0 Å². The fraction of sp³-hybridized carbons (Fsp3) is 0.0476. The second-order valence-electron chi connectivity index (χ2n) is 18.1. The summed E-state index contributed by atoms with van der Waals surface area (Å²) in [5.41, 5.74) is 14.7. The van der Waals surface area contributed by atoms with E-state index in [1.165, 1.54) is 43.4 Å². The number of benzene rings is 10. The van der Waals surface area contributed by atoms with Crippen LogP contribution in [-0.2, 0) is 0 Å². The average molecular weight is 871 g/mol. The van der Waals surface area contributed by atoms with Gasteiger partial charge < -0.3 is 13.6 Å². The molecule has 0 fully saturated rings. The second kappa shape index (κ2) is 15.1. The van der Waals surface area contributed by atoms with Gasteiger partial charge in [0, 0.05) is 49.3 Å². The normalized spacial score (nSPS) is 16.2. The molecule has 0 saturated heterocycles. The highest BCUT2D eigenvalue weighted by Gasteiger charge is 2.25. The number of rotatable bonds is 5. The van der Waals surface area contributed by atoms with Crippen LogP contribution in [0, 0.1) is 0 Å². The zero-order chi connectivity index (χ0) is 44.9. The van der Waals surface area contributed by atoms with Crippen molar-refractivity contribution in [1.82, 2.24) is 9.13 Å². The zero-order valence-electron chi connectivity index (χ0n) is 37.3. The SMILES string of the molecule is C\C1=C(c2cc(-n3c4ccccc4c4cc5ccccc5cc43)c3c(c2)oc2ccccc23)/N=C(c2cccc3ccccc23)\N=C(\c2cccc3c2c2ccccc2n3-c2ccccc2)CC1. The van der Waals surface area contributed by atoms with Crippen LogP contribution in [0.25, 0.3) is 104 Å². The molecule has 0 bridgehead atoms. The highest BCUT2D eigenvalue weighted by molar-refractivity contribution is 6.25. The van der Waals surface area contributed by atoms with Crippen molar-refractivity contribution < 1.29 is 4.42 Å². The summed E-state index contributed by atoms with van der Waals surface area (Å²) >= 11 is 0. The van der Waals surface area contributed by atoms with Crippen LogP contribution in [0.3, 0.4) is 0 Å². The van der Waals surface area contributed by atoms with Crippen molar-refractivity contribution in [2.24, 2.45) is 9.98 Å². The quantitative estimate of drug-likeness (QED) is 0.170. The molecular formula is C63H42N4O. The Morgan fingerprint density at radius 3 is 1.88 bits per heavy atom. The van der Waals surface area contributed by atoms with Gasteiger partial charge in [0.2, 0.25) is 0 Å². The lowest BCUT2D eigenvalue weighted by atomic mass is 9.94. The van der Waals surface area contributed by atoms with Crippen molar-refractivity contribution in [3.8, 4) is 11.4 Å². The van der Waals surface area contributed by atoms with E-state index >= 15 is 0 Å². The lowest BCUT2D eigenvalue weighted by Gasteiger charge is -2.19. The smallest absolute Gasteiger partial charge is 0.160 e. The first-order valence-corrected chi connectivity index (χ1v) is 23.4. The maximum atomic E-state index is 6.85. The summed E-state index contributed by atoms with van der Waals surface area (Å²) in [5, 5.41) is 11.7. The Hall–Kier alpha value is -8.80. The van der Waals surface area contributed by atoms with Gasteiger partial charge in [-0.25, -0.2) is 9.98 Å². The predicted octanol–water partition coefficient (Wildman–Crippen LogP) is 16.5. The molecule has 0 atom stereocenters. The molecule has 10 aromatic carbocycles. The topological polar surface area (TPSA) is 47.7 Å². The molecular weight excluding hydrogens is 829 g/mol. The van der Waals surface area contributed by atoms with Crippen LogP contribution in [0.2, 0.25) is 0 Å². The Kier molecular flexibility index (Phi) is 8.56. The minimum absolute atomic E-state index is 0.684. The van der Waals surface area contributed by atoms with E-state index in [2.05, 4.69) is 228 Å². The Morgan fingerprint density at radius 2 is 1.04 bits per heavy atom. The van der Waals surface area contributed by atoms with E-state index in [0.29, 0.717) is 5.84 Å². The largest absolute Gasteiger partial charge is 0.456 e. The van der Waals surface area contributed by atoms with Crippen molar-refractivity contribution in [3.05, 3.63) is 235 Å². The molecule has 0 radical (unpaired) electrons. The minimum Gasteiger partial charge on any atom is -0.456 e. The van der Waals surface area contributed by atoms with Crippen molar-refractivity contribution in [2.45, 2.75) is 19.8 Å². The van der Waals surface area contributed by atoms with Gasteiger partial charge in [0.05, 0.1) is 44.5 Å². The highest BCUT2D eigenvalue weighted by Crippen LogP contribution is 2.43. The van der Waals surface area contributed by atoms with E-state index in [0.717, 1.165) is 102 Å². The van der Waals surface area contributed by atoms with E-state index < -0.39 is 0 Å². The van der Waals surface area contributed by atoms with E-state index in [1.54, 1.807) is 0 Å². The van der Waals surface area contributed by atoms with Crippen LogP contribution >= 0.6 is 0 Å². The Balaban J connectivity index is 1.04. The standard InChI is InChI=1S/C63H42N4O/c1-39-33-34-52(48-28-16-31-55-60(48)49-25-10-13-30-54(49)66(55)44-21-3-2-4-22-44)64-63(47-27-15-20-40-17-7-8-23-45(40)47)65-62(39)43-37-57(61-50-26-11-14-32-58(50)68-59(61)38-43)67-53-29-12-9-24-46(53)51-35-41-18-5-6-19-42(41)36-56(51)67/h2-32,35-38H,33-34H2,1H3/b62-39+,64-52+,65-63-. The van der Waals surface area contributed by atoms with Crippen molar-refractivity contribution in [1.29, 1.82) is 0 Å². The van der Waals surface area contributed by atoms with Gasteiger partial charge in [0.15, 0.2) is 5.84 Å². The van der Waals surface area contributed by atoms with Crippen LogP contribution in [0.15, 0.2) is 232 Å². The molecule has 5 nitrogen and oxygen atoms in total. The van der Waals surface area contributed by atoms with Gasteiger partial charge in [-0.1, -0.05) is 152 Å². The van der Waals surface area contributed by atoms with E-state index in [1.807, 2.05) is 0 Å². The number of allylic oxidation sites excluding steroid dienone is 1. The lowest BCUT2D eigenvalue weighted by Crippen LogP contribution is -2.11. The number of furan rings is 1. The zero-order valence-corrected chi connectivity index (χ0v) is 37.3. The van der Waals surface area contributed by atoms with Gasteiger partial charge in [0.1, 0.15) is 11.2 Å². The third kappa shape index (κ3) is 5.89. The third-order valence-corrected chi connectivity index (χ3v) is 14.2. The first-order chi connectivity index (χ1) is 33.6. The third-order valence-electron chi connectivity index (χ3n) is 14.2. The average Bonchev–Trinajstić information content (AvgIpc) is 4.04. The Labute approximate surface area is 391 Å². The van der Waals surface area contributed by atoms with Gasteiger partial charge in [0.25, 0.3) is 0 Å². The van der Waals surface area contributed by atoms with Crippen LogP contribution in [0.4, 0.5) is 0 Å². The van der Waals surface area contributed by atoms with E-state index in [-0.39, 0.29) is 0 Å². The van der Waals surface area contributed by atoms with Gasteiger partial charge >= 0.3 is 0 Å². The second-order valence-corrected chi connectivity index (χ2v) is 18.1. The van der Waals surface area contributed by atoms with Gasteiger partial charge in [-0.3, -0.25) is 0 Å². The molecule has 3 aromatic heterocycles. The summed E-state index contributed by atoms with van der Waals surface area (Å²) in [7, 11) is 0. The summed E-state index contributed by atoms with van der Waals surface area (Å²) in [6, 6.07) is 76.2. The summed E-state index contributed by atoms with van der Waals surface area (Å²) in [4.78, 5) is 11.5. The van der Waals surface area contributed by atoms with Crippen molar-refractivity contribution >= 4 is 104 Å². The molecule has 0 aliphatic carbocycles. The number of amidine groups is 1. The maximum Gasteiger partial charge on any atom is 0.160 e. The number of hydrogen-bond donors (Lipinski definition) is 0. The summed E-state index contributed by atoms with van der Waals surface area (Å²) in [6.07, 6.45) is 1.49. The molecule has 4 heterocycles. The van der Waals surface area contributed by atoms with Crippen LogP contribution in [-0.4, -0.2) is 20.7 Å². The Morgan fingerprint density at radius 1 is 0.412 bits per heavy atom. The first-order valence-electron chi connectivity index (χ1n) is 23.4. The molecule has 0 amide bonds. The summed E-state index contributed by atoms with van der Waals surface area (Å²) < 4.78 is 11.7.